The van der Waals surface area contributed by atoms with E-state index in [4.69, 9.17) is 14.2 Å². The number of hydrogen-bond donors (Lipinski definition) is 2. The summed E-state index contributed by atoms with van der Waals surface area (Å²) in [5.41, 5.74) is 3.83. The minimum Gasteiger partial charge on any atom is -0.497 e. The fourth-order valence-corrected chi connectivity index (χ4v) is 2.68. The van der Waals surface area contributed by atoms with Gasteiger partial charge < -0.3 is 19.5 Å². The van der Waals surface area contributed by atoms with Crippen LogP contribution in [-0.2, 0) is 9.59 Å². The minimum atomic E-state index is -0.351. The number of nitrogens with one attached hydrogen (secondary N) is 2. The molecule has 172 valence electrons. The molecule has 2 amide bonds. The zero-order chi connectivity index (χ0) is 23.2. The number of rotatable bonds is 13. The van der Waals surface area contributed by atoms with E-state index >= 15 is 0 Å². The molecule has 2 aromatic rings. The van der Waals surface area contributed by atoms with Gasteiger partial charge in [-0.25, -0.2) is 5.43 Å². The van der Waals surface area contributed by atoms with Crippen LogP contribution >= 0.6 is 0 Å². The summed E-state index contributed by atoms with van der Waals surface area (Å²) < 4.78 is 16.5. The van der Waals surface area contributed by atoms with E-state index in [-0.39, 0.29) is 24.7 Å². The Bertz CT molecular complexity index is 897. The molecule has 0 aliphatic heterocycles. The normalized spacial score (nSPS) is 10.6. The lowest BCUT2D eigenvalue weighted by Crippen LogP contribution is -2.20. The first-order valence-electron chi connectivity index (χ1n) is 10.7. The Kier molecular flexibility index (Phi) is 10.6. The molecule has 0 spiro atoms. The number of carbonyl (C=O) groups is 2. The van der Waals surface area contributed by atoms with Crippen LogP contribution in [0.5, 0.6) is 17.2 Å². The highest BCUT2D eigenvalue weighted by Crippen LogP contribution is 2.28. The highest BCUT2D eigenvalue weighted by Gasteiger charge is 2.08. The molecule has 2 aromatic carbocycles. The Balaban J connectivity index is 1.80. The number of amides is 2. The topological polar surface area (TPSA) is 98.2 Å². The first-order chi connectivity index (χ1) is 15.5. The highest BCUT2D eigenvalue weighted by molar-refractivity contribution is 5.93. The number of anilines is 1. The summed E-state index contributed by atoms with van der Waals surface area (Å²) in [6, 6.07) is 12.4. The first kappa shape index (κ1) is 24.7. The van der Waals surface area contributed by atoms with Gasteiger partial charge >= 0.3 is 0 Å². The third-order valence-corrected chi connectivity index (χ3v) is 4.38. The molecule has 2 N–H and O–H groups in total. The standard InChI is InChI=1S/C24H31N3O5/c1-4-6-15-32-21-12-7-18(16-22(21)31-5-2)17-25-27-24(29)14-13-23(28)26-19-8-10-20(30-3)11-9-19/h7-12,16-17H,4-6,13-15H2,1-3H3,(H,26,28)(H,27,29). The van der Waals surface area contributed by atoms with Gasteiger partial charge in [0, 0.05) is 18.5 Å². The van der Waals surface area contributed by atoms with Gasteiger partial charge in [-0.2, -0.15) is 5.10 Å². The van der Waals surface area contributed by atoms with Gasteiger partial charge in [-0.3, -0.25) is 9.59 Å². The van der Waals surface area contributed by atoms with Gasteiger partial charge in [-0.05, 0) is 61.4 Å². The summed E-state index contributed by atoms with van der Waals surface area (Å²) in [5, 5.41) is 6.70. The van der Waals surface area contributed by atoms with Gasteiger partial charge in [0.05, 0.1) is 26.5 Å². The van der Waals surface area contributed by atoms with Crippen LogP contribution in [-0.4, -0.2) is 38.4 Å². The maximum absolute atomic E-state index is 12.0. The van der Waals surface area contributed by atoms with E-state index in [1.54, 1.807) is 31.4 Å². The van der Waals surface area contributed by atoms with Gasteiger partial charge in [0.25, 0.3) is 0 Å². The van der Waals surface area contributed by atoms with Gasteiger partial charge in [0.15, 0.2) is 11.5 Å². The monoisotopic (exact) mass is 441 g/mol. The Labute approximate surface area is 188 Å². The maximum Gasteiger partial charge on any atom is 0.240 e. The SMILES string of the molecule is CCCCOc1ccc(C=NNC(=O)CCC(=O)Nc2ccc(OC)cc2)cc1OCC. The average Bonchev–Trinajstić information content (AvgIpc) is 2.80. The van der Waals surface area contributed by atoms with Crippen molar-refractivity contribution in [3.63, 3.8) is 0 Å². The predicted molar refractivity (Wildman–Crippen MR) is 125 cm³/mol. The van der Waals surface area contributed by atoms with Crippen LogP contribution in [0, 0.1) is 0 Å². The molecule has 0 unspecified atom stereocenters. The second-order valence-corrected chi connectivity index (χ2v) is 6.91. The molecule has 8 heteroatoms. The van der Waals surface area contributed by atoms with Gasteiger partial charge in [-0.1, -0.05) is 13.3 Å². The van der Waals surface area contributed by atoms with Crippen molar-refractivity contribution in [1.82, 2.24) is 5.43 Å². The van der Waals surface area contributed by atoms with Crippen LogP contribution in [0.3, 0.4) is 0 Å². The molecule has 0 fully saturated rings. The molecule has 0 radical (unpaired) electrons. The fourth-order valence-electron chi connectivity index (χ4n) is 2.68. The third-order valence-electron chi connectivity index (χ3n) is 4.38. The van der Waals surface area contributed by atoms with Crippen LogP contribution in [0.1, 0.15) is 45.1 Å². The zero-order valence-electron chi connectivity index (χ0n) is 18.8. The van der Waals surface area contributed by atoms with E-state index in [1.807, 2.05) is 25.1 Å². The predicted octanol–water partition coefficient (Wildman–Crippen LogP) is 4.14. The molecule has 32 heavy (non-hydrogen) atoms. The number of carbonyl (C=O) groups excluding carboxylic acids is 2. The number of unbranched alkanes of at least 4 members (excludes halogenated alkanes) is 1. The molecule has 0 saturated carbocycles. The molecular formula is C24H31N3O5. The van der Waals surface area contributed by atoms with Crippen molar-refractivity contribution in [1.29, 1.82) is 0 Å². The zero-order valence-corrected chi connectivity index (χ0v) is 18.8. The number of ether oxygens (including phenoxy) is 3. The third kappa shape index (κ3) is 8.67. The van der Waals surface area contributed by atoms with Crippen molar-refractivity contribution in [2.75, 3.05) is 25.6 Å². The fraction of sp³-hybridized carbons (Fsp3) is 0.375. The van der Waals surface area contributed by atoms with E-state index < -0.39 is 0 Å². The van der Waals surface area contributed by atoms with Crippen molar-refractivity contribution < 1.29 is 23.8 Å². The number of hydrogen-bond acceptors (Lipinski definition) is 6. The van der Waals surface area contributed by atoms with Crippen LogP contribution in [0.4, 0.5) is 5.69 Å². The molecule has 0 heterocycles. The summed E-state index contributed by atoms with van der Waals surface area (Å²) in [6.45, 7) is 5.15. The van der Waals surface area contributed by atoms with Crippen LogP contribution in [0.2, 0.25) is 0 Å². The van der Waals surface area contributed by atoms with Gasteiger partial charge in [-0.15, -0.1) is 0 Å². The van der Waals surface area contributed by atoms with E-state index in [0.29, 0.717) is 36.1 Å². The van der Waals surface area contributed by atoms with Gasteiger partial charge in [0.1, 0.15) is 5.75 Å². The van der Waals surface area contributed by atoms with Crippen molar-refractivity contribution in [2.45, 2.75) is 39.5 Å². The molecule has 2 rings (SSSR count). The van der Waals surface area contributed by atoms with E-state index in [1.165, 1.54) is 6.21 Å². The molecule has 0 aromatic heterocycles. The first-order valence-corrected chi connectivity index (χ1v) is 10.7. The molecule has 0 bridgehead atoms. The summed E-state index contributed by atoms with van der Waals surface area (Å²) >= 11 is 0. The van der Waals surface area contributed by atoms with Crippen molar-refractivity contribution in [3.05, 3.63) is 48.0 Å². The number of nitrogens with zero attached hydrogens (tertiary/aromatic N) is 1. The van der Waals surface area contributed by atoms with E-state index in [2.05, 4.69) is 22.8 Å². The molecular weight excluding hydrogens is 410 g/mol. The summed E-state index contributed by atoms with van der Waals surface area (Å²) in [4.78, 5) is 24.0. The second kappa shape index (κ2) is 13.7. The highest BCUT2D eigenvalue weighted by atomic mass is 16.5. The van der Waals surface area contributed by atoms with Crippen molar-refractivity contribution in [3.8, 4) is 17.2 Å². The summed E-state index contributed by atoms with van der Waals surface area (Å²) in [7, 11) is 1.57. The average molecular weight is 442 g/mol. The van der Waals surface area contributed by atoms with Crippen molar-refractivity contribution in [2.24, 2.45) is 5.10 Å². The lowest BCUT2D eigenvalue weighted by atomic mass is 10.2. The summed E-state index contributed by atoms with van der Waals surface area (Å²) in [5.74, 6) is 1.41. The van der Waals surface area contributed by atoms with Crippen LogP contribution < -0.4 is 25.0 Å². The maximum atomic E-state index is 12.0. The minimum absolute atomic E-state index is 0.0216. The summed E-state index contributed by atoms with van der Waals surface area (Å²) in [6.07, 6.45) is 3.61. The largest absolute Gasteiger partial charge is 0.497 e. The van der Waals surface area contributed by atoms with Crippen LogP contribution in [0.15, 0.2) is 47.6 Å². The smallest absolute Gasteiger partial charge is 0.240 e. The Morgan fingerprint density at radius 3 is 2.41 bits per heavy atom. The molecule has 8 nitrogen and oxygen atoms in total. The quantitative estimate of drug-likeness (QED) is 0.277. The van der Waals surface area contributed by atoms with Crippen LogP contribution in [0.25, 0.3) is 0 Å². The lowest BCUT2D eigenvalue weighted by molar-refractivity contribution is -0.124. The number of hydrazone groups is 1. The number of methoxy groups -OCH3 is 1. The molecule has 0 saturated heterocycles. The number of benzene rings is 2. The Morgan fingerprint density at radius 2 is 1.72 bits per heavy atom. The molecule has 0 aliphatic carbocycles. The second-order valence-electron chi connectivity index (χ2n) is 6.91. The lowest BCUT2D eigenvalue weighted by Gasteiger charge is -2.12. The Hall–Kier alpha value is -3.55. The molecule has 0 atom stereocenters. The van der Waals surface area contributed by atoms with E-state index in [0.717, 1.165) is 18.4 Å². The molecule has 0 aliphatic rings. The van der Waals surface area contributed by atoms with Crippen molar-refractivity contribution >= 4 is 23.7 Å². The van der Waals surface area contributed by atoms with E-state index in [9.17, 15) is 9.59 Å². The van der Waals surface area contributed by atoms with Gasteiger partial charge in [0.2, 0.25) is 11.8 Å². The Morgan fingerprint density at radius 1 is 0.969 bits per heavy atom.